The maximum atomic E-state index is 6.22. The van der Waals surface area contributed by atoms with Crippen molar-refractivity contribution < 1.29 is 4.74 Å². The summed E-state index contributed by atoms with van der Waals surface area (Å²) < 4.78 is 5.44. The monoisotopic (exact) mass is 285 g/mol. The molecule has 1 saturated heterocycles. The Morgan fingerprint density at radius 3 is 2.60 bits per heavy atom. The van der Waals surface area contributed by atoms with Crippen LogP contribution in [0.15, 0.2) is 42.5 Å². The first-order valence-electron chi connectivity index (χ1n) is 7.07. The van der Waals surface area contributed by atoms with E-state index in [4.69, 9.17) is 16.3 Å². The summed E-state index contributed by atoms with van der Waals surface area (Å²) in [6, 6.07) is 14.9. The molecule has 0 bridgehead atoms. The third-order valence-electron chi connectivity index (χ3n) is 4.07. The van der Waals surface area contributed by atoms with E-state index < -0.39 is 0 Å². The number of halogens is 1. The molecule has 2 aliphatic heterocycles. The van der Waals surface area contributed by atoms with Crippen molar-refractivity contribution in [3.63, 3.8) is 0 Å². The highest BCUT2D eigenvalue weighted by atomic mass is 35.5. The molecule has 1 atom stereocenters. The molecular weight excluding hydrogens is 270 g/mol. The summed E-state index contributed by atoms with van der Waals surface area (Å²) in [5, 5.41) is 0.796. The van der Waals surface area contributed by atoms with Gasteiger partial charge in [-0.15, -0.1) is 0 Å². The SMILES string of the molecule is Clc1ccc2c(c1)N(CC1CO1)c1ccccc1CC2. The minimum absolute atomic E-state index is 0.355. The Balaban J connectivity index is 1.86. The molecule has 2 aromatic carbocycles. The number of para-hydroxylation sites is 1. The van der Waals surface area contributed by atoms with Crippen LogP contribution in [0, 0.1) is 0 Å². The maximum absolute atomic E-state index is 6.22. The molecule has 1 fully saturated rings. The second kappa shape index (κ2) is 4.80. The highest BCUT2D eigenvalue weighted by molar-refractivity contribution is 6.30. The number of rotatable bonds is 2. The first-order valence-corrected chi connectivity index (χ1v) is 7.44. The number of epoxide rings is 1. The summed E-state index contributed by atoms with van der Waals surface area (Å²) in [7, 11) is 0. The lowest BCUT2D eigenvalue weighted by Crippen LogP contribution is -2.23. The normalized spacial score (nSPS) is 20.1. The second-order valence-corrected chi connectivity index (χ2v) is 5.90. The lowest BCUT2D eigenvalue weighted by atomic mass is 10.0. The number of hydrogen-bond acceptors (Lipinski definition) is 2. The van der Waals surface area contributed by atoms with Crippen LogP contribution in [0.2, 0.25) is 5.02 Å². The summed E-state index contributed by atoms with van der Waals surface area (Å²) >= 11 is 6.22. The van der Waals surface area contributed by atoms with Gasteiger partial charge in [-0.25, -0.2) is 0 Å². The van der Waals surface area contributed by atoms with Gasteiger partial charge in [0.1, 0.15) is 0 Å². The molecule has 2 aliphatic rings. The van der Waals surface area contributed by atoms with E-state index in [0.29, 0.717) is 6.10 Å². The van der Waals surface area contributed by atoms with Gasteiger partial charge < -0.3 is 9.64 Å². The Morgan fingerprint density at radius 1 is 1.05 bits per heavy atom. The smallest absolute Gasteiger partial charge is 0.0988 e. The number of anilines is 2. The zero-order valence-corrected chi connectivity index (χ0v) is 11.9. The van der Waals surface area contributed by atoms with Gasteiger partial charge in [0.25, 0.3) is 0 Å². The van der Waals surface area contributed by atoms with Crippen molar-refractivity contribution in [1.82, 2.24) is 0 Å². The Bertz CT molecular complexity index is 651. The predicted molar refractivity (Wildman–Crippen MR) is 82.0 cm³/mol. The van der Waals surface area contributed by atoms with Gasteiger partial charge in [-0.1, -0.05) is 35.9 Å². The molecule has 20 heavy (non-hydrogen) atoms. The van der Waals surface area contributed by atoms with E-state index in [-0.39, 0.29) is 0 Å². The van der Waals surface area contributed by atoms with Gasteiger partial charge >= 0.3 is 0 Å². The van der Waals surface area contributed by atoms with Crippen LogP contribution in [0.25, 0.3) is 0 Å². The van der Waals surface area contributed by atoms with Gasteiger partial charge in [-0.05, 0) is 42.2 Å². The Hall–Kier alpha value is -1.51. The van der Waals surface area contributed by atoms with Gasteiger partial charge in [0.2, 0.25) is 0 Å². The maximum Gasteiger partial charge on any atom is 0.0988 e. The molecule has 0 radical (unpaired) electrons. The predicted octanol–water partition coefficient (Wildman–Crippen LogP) is 3.98. The molecular formula is C17H16ClNO. The zero-order chi connectivity index (χ0) is 13.5. The molecule has 4 rings (SSSR count). The molecule has 3 heteroatoms. The van der Waals surface area contributed by atoms with Crippen molar-refractivity contribution in [2.45, 2.75) is 18.9 Å². The Morgan fingerprint density at radius 2 is 1.80 bits per heavy atom. The fourth-order valence-electron chi connectivity index (χ4n) is 2.96. The number of hydrogen-bond donors (Lipinski definition) is 0. The summed E-state index contributed by atoms with van der Waals surface area (Å²) in [4.78, 5) is 2.38. The number of fused-ring (bicyclic) bond motifs is 2. The minimum Gasteiger partial charge on any atom is -0.371 e. The molecule has 0 spiro atoms. The summed E-state index contributed by atoms with van der Waals surface area (Å²) in [6.45, 7) is 1.78. The van der Waals surface area contributed by atoms with Gasteiger partial charge in [0.05, 0.1) is 19.3 Å². The molecule has 1 unspecified atom stereocenters. The topological polar surface area (TPSA) is 15.8 Å². The molecule has 0 N–H and O–H groups in total. The lowest BCUT2D eigenvalue weighted by molar-refractivity contribution is 0.411. The van der Waals surface area contributed by atoms with Gasteiger partial charge in [0, 0.05) is 16.4 Å². The molecule has 102 valence electrons. The summed E-state index contributed by atoms with van der Waals surface area (Å²) in [5.41, 5.74) is 5.30. The fraction of sp³-hybridized carbons (Fsp3) is 0.294. The van der Waals surface area contributed by atoms with Crippen molar-refractivity contribution in [1.29, 1.82) is 0 Å². The lowest BCUT2D eigenvalue weighted by Gasteiger charge is -2.26. The van der Waals surface area contributed by atoms with E-state index in [0.717, 1.165) is 31.0 Å². The third-order valence-corrected chi connectivity index (χ3v) is 4.31. The standard InChI is InChI=1S/C17H16ClNO/c18-14-8-7-13-6-5-12-3-1-2-4-16(12)19(17(13)9-14)10-15-11-20-15/h1-4,7-9,15H,5-6,10-11H2. The fourth-order valence-corrected chi connectivity index (χ4v) is 3.12. The van der Waals surface area contributed by atoms with Crippen molar-refractivity contribution >= 4 is 23.0 Å². The average Bonchev–Trinajstić information content (AvgIpc) is 3.28. The van der Waals surface area contributed by atoms with Crippen LogP contribution in [0.5, 0.6) is 0 Å². The van der Waals surface area contributed by atoms with E-state index in [1.165, 1.54) is 22.5 Å². The first kappa shape index (κ1) is 12.2. The van der Waals surface area contributed by atoms with E-state index in [9.17, 15) is 0 Å². The van der Waals surface area contributed by atoms with Gasteiger partial charge in [0.15, 0.2) is 0 Å². The molecule has 2 nitrogen and oxygen atoms in total. The molecule has 0 amide bonds. The molecule has 0 aromatic heterocycles. The van der Waals surface area contributed by atoms with Gasteiger partial charge in [-0.3, -0.25) is 0 Å². The zero-order valence-electron chi connectivity index (χ0n) is 11.2. The van der Waals surface area contributed by atoms with Crippen LogP contribution in [0.1, 0.15) is 11.1 Å². The highest BCUT2D eigenvalue weighted by Gasteiger charge is 2.29. The Labute approximate surface area is 123 Å². The van der Waals surface area contributed by atoms with E-state index in [1.807, 2.05) is 6.07 Å². The van der Waals surface area contributed by atoms with E-state index in [1.54, 1.807) is 0 Å². The molecule has 0 aliphatic carbocycles. The highest BCUT2D eigenvalue weighted by Crippen LogP contribution is 2.38. The number of aryl methyl sites for hydroxylation is 2. The van der Waals surface area contributed by atoms with Crippen molar-refractivity contribution in [3.05, 3.63) is 58.6 Å². The van der Waals surface area contributed by atoms with Gasteiger partial charge in [-0.2, -0.15) is 0 Å². The number of benzene rings is 2. The quantitative estimate of drug-likeness (QED) is 0.776. The number of ether oxygens (including phenoxy) is 1. The molecule has 0 saturated carbocycles. The van der Waals surface area contributed by atoms with Crippen LogP contribution in [0.3, 0.4) is 0 Å². The van der Waals surface area contributed by atoms with Crippen LogP contribution < -0.4 is 4.90 Å². The molecule has 2 aromatic rings. The Kier molecular flexibility index (Phi) is 2.94. The molecule has 2 heterocycles. The number of nitrogens with zero attached hydrogens (tertiary/aromatic N) is 1. The van der Waals surface area contributed by atoms with Crippen LogP contribution in [-0.2, 0) is 17.6 Å². The van der Waals surface area contributed by atoms with E-state index in [2.05, 4.69) is 41.3 Å². The first-order chi connectivity index (χ1) is 9.81. The third kappa shape index (κ3) is 2.19. The second-order valence-electron chi connectivity index (χ2n) is 5.47. The van der Waals surface area contributed by atoms with Crippen LogP contribution in [0.4, 0.5) is 11.4 Å². The van der Waals surface area contributed by atoms with E-state index >= 15 is 0 Å². The average molecular weight is 286 g/mol. The van der Waals surface area contributed by atoms with Crippen LogP contribution >= 0.6 is 11.6 Å². The van der Waals surface area contributed by atoms with Crippen molar-refractivity contribution in [2.24, 2.45) is 0 Å². The minimum atomic E-state index is 0.355. The largest absolute Gasteiger partial charge is 0.371 e. The summed E-state index contributed by atoms with van der Waals surface area (Å²) in [5.74, 6) is 0. The van der Waals surface area contributed by atoms with Crippen molar-refractivity contribution in [3.8, 4) is 0 Å². The summed E-state index contributed by atoms with van der Waals surface area (Å²) in [6.07, 6.45) is 2.49. The van der Waals surface area contributed by atoms with Crippen LogP contribution in [-0.4, -0.2) is 19.3 Å². The van der Waals surface area contributed by atoms with Crippen molar-refractivity contribution in [2.75, 3.05) is 18.1 Å².